The Labute approximate surface area is 120 Å². The summed E-state index contributed by atoms with van der Waals surface area (Å²) in [6.07, 6.45) is 4.89. The Morgan fingerprint density at radius 2 is 1.90 bits per heavy atom. The van der Waals surface area contributed by atoms with E-state index in [9.17, 15) is 19.2 Å². The van der Waals surface area contributed by atoms with Gasteiger partial charge in [0.25, 0.3) is 0 Å². The second-order valence-corrected chi connectivity index (χ2v) is 5.88. The molecule has 0 bridgehead atoms. The number of hydrogen-bond donors (Lipinski definition) is 3. The van der Waals surface area contributed by atoms with Crippen LogP contribution in [-0.2, 0) is 19.2 Å². The second kappa shape index (κ2) is 4.03. The number of fused-ring (bicyclic) bond motifs is 1. The molecule has 2 saturated heterocycles. The van der Waals surface area contributed by atoms with Crippen LogP contribution in [0.15, 0.2) is 23.9 Å². The topological polar surface area (TPSA) is 118 Å². The van der Waals surface area contributed by atoms with E-state index in [0.717, 1.165) is 0 Å². The normalized spacial score (nSPS) is 38.7. The summed E-state index contributed by atoms with van der Waals surface area (Å²) < 4.78 is 0. The molecule has 0 aromatic rings. The summed E-state index contributed by atoms with van der Waals surface area (Å²) in [7, 11) is 0. The van der Waals surface area contributed by atoms with Gasteiger partial charge in [-0.1, -0.05) is 6.08 Å². The lowest BCUT2D eigenvalue weighted by atomic mass is 9.54. The highest BCUT2D eigenvalue weighted by atomic mass is 16.2. The monoisotopic (exact) mass is 289 g/mol. The molecule has 7 heteroatoms. The summed E-state index contributed by atoms with van der Waals surface area (Å²) in [5.74, 6) is -2.71. The first-order valence-corrected chi connectivity index (χ1v) is 6.67. The zero-order valence-electron chi connectivity index (χ0n) is 11.4. The number of carbonyl (C=O) groups is 4. The van der Waals surface area contributed by atoms with Gasteiger partial charge < -0.3 is 5.73 Å². The van der Waals surface area contributed by atoms with Crippen LogP contribution in [0.5, 0.6) is 0 Å². The van der Waals surface area contributed by atoms with Crippen molar-refractivity contribution in [3.8, 4) is 0 Å². The minimum atomic E-state index is -1.38. The molecular weight excluding hydrogens is 274 g/mol. The third kappa shape index (κ3) is 1.54. The Morgan fingerprint density at radius 3 is 2.57 bits per heavy atom. The fourth-order valence-electron chi connectivity index (χ4n) is 3.51. The van der Waals surface area contributed by atoms with Gasteiger partial charge in [0.2, 0.25) is 23.6 Å². The maximum Gasteiger partial charge on any atom is 0.238 e. The van der Waals surface area contributed by atoms with Gasteiger partial charge in [0.1, 0.15) is 0 Å². The molecule has 2 aliphatic heterocycles. The highest BCUT2D eigenvalue weighted by Gasteiger charge is 2.66. The lowest BCUT2D eigenvalue weighted by Crippen LogP contribution is -2.59. The van der Waals surface area contributed by atoms with Crippen LogP contribution in [0.4, 0.5) is 0 Å². The van der Waals surface area contributed by atoms with Crippen molar-refractivity contribution in [2.75, 3.05) is 0 Å². The number of carbonyl (C=O) groups excluding carboxylic acids is 4. The summed E-state index contributed by atoms with van der Waals surface area (Å²) in [6.45, 7) is 1.60. The molecule has 21 heavy (non-hydrogen) atoms. The third-order valence-corrected chi connectivity index (χ3v) is 4.78. The fraction of sp³-hybridized carbons (Fsp3) is 0.429. The molecule has 0 saturated carbocycles. The van der Waals surface area contributed by atoms with E-state index < -0.39 is 34.5 Å². The molecule has 4 amide bonds. The Morgan fingerprint density at radius 1 is 1.19 bits per heavy atom. The maximum absolute atomic E-state index is 12.5. The Balaban J connectivity index is 2.18. The van der Waals surface area contributed by atoms with Gasteiger partial charge in [0.15, 0.2) is 0 Å². The molecule has 7 nitrogen and oxygen atoms in total. The van der Waals surface area contributed by atoms with Crippen molar-refractivity contribution >= 4 is 23.6 Å². The molecule has 0 aromatic carbocycles. The summed E-state index contributed by atoms with van der Waals surface area (Å²) in [5.41, 5.74) is 3.54. The predicted octanol–water partition coefficient (Wildman–Crippen LogP) is -0.899. The van der Waals surface area contributed by atoms with Gasteiger partial charge in [-0.05, 0) is 25.5 Å². The molecule has 3 unspecified atom stereocenters. The summed E-state index contributed by atoms with van der Waals surface area (Å²) >= 11 is 0. The molecule has 0 aromatic heterocycles. The first-order valence-electron chi connectivity index (χ1n) is 6.67. The zero-order valence-corrected chi connectivity index (χ0v) is 11.4. The first kappa shape index (κ1) is 13.5. The van der Waals surface area contributed by atoms with E-state index in [2.05, 4.69) is 10.6 Å². The minimum Gasteiger partial charge on any atom is -0.399 e. The number of amides is 4. The van der Waals surface area contributed by atoms with Gasteiger partial charge in [-0.15, -0.1) is 0 Å². The standard InChI is InChI=1S/C14H15N3O4/c1-13(5-4-9(18)16-11(13)20)14-6-7(15)2-3-8(14)10(19)17-12(14)21/h2-3,6,8H,4-5,15H2,1H3,(H,16,18,20)(H,17,19,21). The van der Waals surface area contributed by atoms with Crippen molar-refractivity contribution in [1.29, 1.82) is 0 Å². The number of rotatable bonds is 1. The molecule has 2 heterocycles. The molecule has 3 aliphatic rings. The molecule has 1 aliphatic carbocycles. The van der Waals surface area contributed by atoms with E-state index in [0.29, 0.717) is 5.70 Å². The number of allylic oxidation sites excluding steroid dienone is 1. The van der Waals surface area contributed by atoms with Gasteiger partial charge in [-0.2, -0.15) is 0 Å². The first-order chi connectivity index (χ1) is 9.81. The van der Waals surface area contributed by atoms with Crippen LogP contribution in [0.3, 0.4) is 0 Å². The average molecular weight is 289 g/mol. The lowest BCUT2D eigenvalue weighted by molar-refractivity contribution is -0.153. The summed E-state index contributed by atoms with van der Waals surface area (Å²) in [4.78, 5) is 48.3. The highest BCUT2D eigenvalue weighted by molar-refractivity contribution is 6.14. The van der Waals surface area contributed by atoms with Crippen LogP contribution in [-0.4, -0.2) is 23.6 Å². The fourth-order valence-corrected chi connectivity index (χ4v) is 3.51. The number of hydrogen-bond acceptors (Lipinski definition) is 5. The number of imide groups is 2. The largest absolute Gasteiger partial charge is 0.399 e. The van der Waals surface area contributed by atoms with E-state index in [1.165, 1.54) is 6.08 Å². The second-order valence-electron chi connectivity index (χ2n) is 5.88. The Kier molecular flexibility index (Phi) is 2.60. The molecule has 0 spiro atoms. The van der Waals surface area contributed by atoms with Crippen molar-refractivity contribution < 1.29 is 19.2 Å². The van der Waals surface area contributed by atoms with Crippen molar-refractivity contribution in [2.45, 2.75) is 19.8 Å². The van der Waals surface area contributed by atoms with Crippen molar-refractivity contribution in [3.05, 3.63) is 23.9 Å². The number of nitrogens with two attached hydrogens (primary N) is 1. The predicted molar refractivity (Wildman–Crippen MR) is 71.0 cm³/mol. The molecule has 4 N–H and O–H groups in total. The molecule has 110 valence electrons. The average Bonchev–Trinajstić information content (AvgIpc) is 2.67. The molecule has 3 rings (SSSR count). The summed E-state index contributed by atoms with van der Waals surface area (Å²) in [6, 6.07) is 0. The van der Waals surface area contributed by atoms with E-state index in [1.807, 2.05) is 0 Å². The number of nitrogens with one attached hydrogen (secondary N) is 2. The van der Waals surface area contributed by atoms with Crippen LogP contribution in [0.2, 0.25) is 0 Å². The van der Waals surface area contributed by atoms with Crippen LogP contribution < -0.4 is 16.4 Å². The smallest absolute Gasteiger partial charge is 0.238 e. The van der Waals surface area contributed by atoms with E-state index in [1.54, 1.807) is 19.1 Å². The maximum atomic E-state index is 12.5. The van der Waals surface area contributed by atoms with Crippen molar-refractivity contribution in [3.63, 3.8) is 0 Å². The molecule has 3 atom stereocenters. The van der Waals surface area contributed by atoms with Crippen molar-refractivity contribution in [1.82, 2.24) is 10.6 Å². The third-order valence-electron chi connectivity index (χ3n) is 4.78. The lowest BCUT2D eigenvalue weighted by Gasteiger charge is -2.46. The van der Waals surface area contributed by atoms with Gasteiger partial charge >= 0.3 is 0 Å². The van der Waals surface area contributed by atoms with Crippen molar-refractivity contribution in [2.24, 2.45) is 22.5 Å². The molecule has 0 radical (unpaired) electrons. The van der Waals surface area contributed by atoms with E-state index in [4.69, 9.17) is 5.73 Å². The van der Waals surface area contributed by atoms with Gasteiger partial charge in [0, 0.05) is 12.1 Å². The summed E-state index contributed by atoms with van der Waals surface area (Å²) in [5, 5.41) is 4.54. The van der Waals surface area contributed by atoms with Crippen LogP contribution >= 0.6 is 0 Å². The van der Waals surface area contributed by atoms with Crippen LogP contribution in [0.25, 0.3) is 0 Å². The van der Waals surface area contributed by atoms with Gasteiger partial charge in [-0.3, -0.25) is 29.8 Å². The Hall–Kier alpha value is -2.44. The van der Waals surface area contributed by atoms with Gasteiger partial charge in [0.05, 0.1) is 16.7 Å². The van der Waals surface area contributed by atoms with E-state index in [-0.39, 0.29) is 18.7 Å². The van der Waals surface area contributed by atoms with E-state index >= 15 is 0 Å². The number of piperidine rings is 1. The molecule has 2 fully saturated rings. The Bertz CT molecular complexity index is 651. The van der Waals surface area contributed by atoms with Gasteiger partial charge in [-0.25, -0.2) is 0 Å². The molecular formula is C14H15N3O4. The highest BCUT2D eigenvalue weighted by Crippen LogP contribution is 2.55. The zero-order chi connectivity index (χ0) is 15.4. The SMILES string of the molecule is CC1(C23C=C(N)C=CC2C(=O)NC3=O)CCC(=O)NC1=O. The van der Waals surface area contributed by atoms with Crippen LogP contribution in [0, 0.1) is 16.7 Å². The van der Waals surface area contributed by atoms with Crippen LogP contribution in [0.1, 0.15) is 19.8 Å². The quantitative estimate of drug-likeness (QED) is 0.541. The minimum absolute atomic E-state index is 0.121.